The maximum absolute atomic E-state index is 13.2. The van der Waals surface area contributed by atoms with Gasteiger partial charge in [0.05, 0.1) is 0 Å². The quantitative estimate of drug-likeness (QED) is 0.873. The Morgan fingerprint density at radius 1 is 1.10 bits per heavy atom. The van der Waals surface area contributed by atoms with Crippen molar-refractivity contribution in [3.05, 3.63) is 58.1 Å². The predicted molar refractivity (Wildman–Crippen MR) is 75.5 cm³/mol. The minimum absolute atomic E-state index is 0.218. The van der Waals surface area contributed by atoms with Crippen molar-refractivity contribution in [3.8, 4) is 0 Å². The van der Waals surface area contributed by atoms with E-state index < -0.39 is 17.7 Å². The fraction of sp³-hybridized carbons (Fsp3) is 0.0714. The number of carbonyl (C=O) groups excluding carboxylic acids is 1. The molecule has 2 aromatic carbocycles. The first-order valence-corrected chi connectivity index (χ1v) is 6.65. The lowest BCUT2D eigenvalue weighted by molar-refractivity contribution is -0.116. The standard InChI is InChI=1S/C14H9BrF2N2O/c15-7-1-2-12-11(3-7)13(14(20)19-12)18-10-5-8(16)4-9(17)6-10/h1-6,13,18H,(H,19,20). The molecule has 0 spiro atoms. The zero-order chi connectivity index (χ0) is 14.3. The van der Waals surface area contributed by atoms with E-state index >= 15 is 0 Å². The second-order valence-electron chi connectivity index (χ2n) is 4.46. The Morgan fingerprint density at radius 2 is 1.80 bits per heavy atom. The van der Waals surface area contributed by atoms with Crippen LogP contribution in [0, 0.1) is 11.6 Å². The molecule has 1 heterocycles. The first-order chi connectivity index (χ1) is 9.52. The molecule has 6 heteroatoms. The summed E-state index contributed by atoms with van der Waals surface area (Å²) < 4.78 is 27.2. The lowest BCUT2D eigenvalue weighted by Gasteiger charge is -2.13. The van der Waals surface area contributed by atoms with Crippen molar-refractivity contribution in [1.29, 1.82) is 0 Å². The molecule has 0 aliphatic carbocycles. The highest BCUT2D eigenvalue weighted by atomic mass is 79.9. The number of anilines is 2. The van der Waals surface area contributed by atoms with Gasteiger partial charge in [-0.25, -0.2) is 8.78 Å². The van der Waals surface area contributed by atoms with Gasteiger partial charge in [-0.2, -0.15) is 0 Å². The highest BCUT2D eigenvalue weighted by Crippen LogP contribution is 2.35. The van der Waals surface area contributed by atoms with Crippen molar-refractivity contribution in [3.63, 3.8) is 0 Å². The number of fused-ring (bicyclic) bond motifs is 1. The van der Waals surface area contributed by atoms with Crippen LogP contribution < -0.4 is 10.6 Å². The number of rotatable bonds is 2. The highest BCUT2D eigenvalue weighted by molar-refractivity contribution is 9.10. The van der Waals surface area contributed by atoms with Gasteiger partial charge in [0.1, 0.15) is 17.7 Å². The molecule has 0 aromatic heterocycles. The molecule has 102 valence electrons. The predicted octanol–water partition coefficient (Wildman–Crippen LogP) is 3.83. The Kier molecular flexibility index (Phi) is 3.17. The van der Waals surface area contributed by atoms with Crippen LogP contribution in [0.4, 0.5) is 20.2 Å². The minimum atomic E-state index is -0.694. The maximum atomic E-state index is 13.2. The van der Waals surface area contributed by atoms with Crippen molar-refractivity contribution in [2.75, 3.05) is 10.6 Å². The fourth-order valence-electron chi connectivity index (χ4n) is 2.18. The number of benzene rings is 2. The summed E-state index contributed by atoms with van der Waals surface area (Å²) in [5, 5.41) is 5.56. The highest BCUT2D eigenvalue weighted by Gasteiger charge is 2.30. The third kappa shape index (κ3) is 2.38. The summed E-state index contributed by atoms with van der Waals surface area (Å²) in [6.07, 6.45) is 0. The molecule has 0 bridgehead atoms. The summed E-state index contributed by atoms with van der Waals surface area (Å²) in [5.41, 5.74) is 1.64. The summed E-state index contributed by atoms with van der Waals surface area (Å²) in [7, 11) is 0. The van der Waals surface area contributed by atoms with Crippen molar-refractivity contribution >= 4 is 33.2 Å². The normalized spacial score (nSPS) is 16.8. The van der Waals surface area contributed by atoms with E-state index in [1.807, 2.05) is 6.07 Å². The van der Waals surface area contributed by atoms with Gasteiger partial charge in [-0.3, -0.25) is 4.79 Å². The maximum Gasteiger partial charge on any atom is 0.251 e. The first-order valence-electron chi connectivity index (χ1n) is 5.86. The first kappa shape index (κ1) is 13.1. The summed E-state index contributed by atoms with van der Waals surface area (Å²) in [4.78, 5) is 11.9. The third-order valence-corrected chi connectivity index (χ3v) is 3.51. The third-order valence-electron chi connectivity index (χ3n) is 3.02. The van der Waals surface area contributed by atoms with Crippen LogP contribution in [-0.4, -0.2) is 5.91 Å². The number of amides is 1. The molecule has 1 atom stereocenters. The SMILES string of the molecule is O=C1Nc2ccc(Br)cc2C1Nc1cc(F)cc(F)c1. The van der Waals surface area contributed by atoms with Gasteiger partial charge in [0, 0.05) is 27.5 Å². The zero-order valence-electron chi connectivity index (χ0n) is 10.1. The molecule has 3 nitrogen and oxygen atoms in total. The van der Waals surface area contributed by atoms with Gasteiger partial charge in [0.15, 0.2) is 0 Å². The van der Waals surface area contributed by atoms with E-state index in [1.165, 1.54) is 0 Å². The molecule has 3 rings (SSSR count). The largest absolute Gasteiger partial charge is 0.370 e. The van der Waals surface area contributed by atoms with Crippen LogP contribution in [0.5, 0.6) is 0 Å². The summed E-state index contributed by atoms with van der Waals surface area (Å²) >= 11 is 3.33. The Morgan fingerprint density at radius 3 is 2.50 bits per heavy atom. The van der Waals surface area contributed by atoms with Crippen molar-refractivity contribution in [1.82, 2.24) is 0 Å². The van der Waals surface area contributed by atoms with E-state index in [0.717, 1.165) is 28.2 Å². The van der Waals surface area contributed by atoms with E-state index in [9.17, 15) is 13.6 Å². The van der Waals surface area contributed by atoms with Crippen LogP contribution >= 0.6 is 15.9 Å². The number of hydrogen-bond acceptors (Lipinski definition) is 2. The van der Waals surface area contributed by atoms with Gasteiger partial charge in [-0.1, -0.05) is 15.9 Å². The molecule has 0 radical (unpaired) electrons. The smallest absolute Gasteiger partial charge is 0.251 e. The van der Waals surface area contributed by atoms with Gasteiger partial charge >= 0.3 is 0 Å². The molecule has 1 aliphatic rings. The van der Waals surface area contributed by atoms with E-state index in [4.69, 9.17) is 0 Å². The van der Waals surface area contributed by atoms with Crippen molar-refractivity contribution in [2.24, 2.45) is 0 Å². The van der Waals surface area contributed by atoms with Gasteiger partial charge in [0.25, 0.3) is 5.91 Å². The Balaban J connectivity index is 1.95. The average molecular weight is 339 g/mol. The van der Waals surface area contributed by atoms with Crippen molar-refractivity contribution in [2.45, 2.75) is 6.04 Å². The lowest BCUT2D eigenvalue weighted by atomic mass is 10.1. The second-order valence-corrected chi connectivity index (χ2v) is 5.37. The van der Waals surface area contributed by atoms with Crippen LogP contribution in [0.15, 0.2) is 40.9 Å². The summed E-state index contributed by atoms with van der Waals surface area (Å²) in [5.74, 6) is -1.65. The van der Waals surface area contributed by atoms with Gasteiger partial charge < -0.3 is 10.6 Å². The van der Waals surface area contributed by atoms with Crippen LogP contribution in [0.25, 0.3) is 0 Å². The summed E-state index contributed by atoms with van der Waals surface area (Å²) in [6.45, 7) is 0. The van der Waals surface area contributed by atoms with Gasteiger partial charge in [-0.05, 0) is 30.3 Å². The second kappa shape index (κ2) is 4.86. The van der Waals surface area contributed by atoms with Crippen LogP contribution in [-0.2, 0) is 4.79 Å². The molecule has 0 saturated heterocycles. The Hall–Kier alpha value is -1.95. The molecule has 2 aromatic rings. The fourth-order valence-corrected chi connectivity index (χ4v) is 2.56. The molecule has 20 heavy (non-hydrogen) atoms. The van der Waals surface area contributed by atoms with Crippen molar-refractivity contribution < 1.29 is 13.6 Å². The topological polar surface area (TPSA) is 41.1 Å². The summed E-state index contributed by atoms with van der Waals surface area (Å²) in [6, 6.07) is 7.77. The molecule has 0 fully saturated rings. The minimum Gasteiger partial charge on any atom is -0.370 e. The Labute approximate surface area is 122 Å². The molecule has 1 amide bonds. The van der Waals surface area contributed by atoms with E-state index in [0.29, 0.717) is 5.69 Å². The number of nitrogens with one attached hydrogen (secondary N) is 2. The molecule has 1 unspecified atom stereocenters. The number of carbonyl (C=O) groups is 1. The zero-order valence-corrected chi connectivity index (χ0v) is 11.7. The van der Waals surface area contributed by atoms with Crippen LogP contribution in [0.2, 0.25) is 0 Å². The molecular weight excluding hydrogens is 330 g/mol. The molecule has 2 N–H and O–H groups in total. The number of halogens is 3. The molecule has 1 aliphatic heterocycles. The average Bonchev–Trinajstić information content (AvgIpc) is 2.65. The monoisotopic (exact) mass is 338 g/mol. The van der Waals surface area contributed by atoms with E-state index in [1.54, 1.807) is 12.1 Å². The van der Waals surface area contributed by atoms with Crippen LogP contribution in [0.3, 0.4) is 0 Å². The lowest BCUT2D eigenvalue weighted by Crippen LogP contribution is -2.19. The van der Waals surface area contributed by atoms with E-state index in [-0.39, 0.29) is 11.6 Å². The number of hydrogen-bond donors (Lipinski definition) is 2. The van der Waals surface area contributed by atoms with Gasteiger partial charge in [0.2, 0.25) is 0 Å². The molecule has 0 saturated carbocycles. The van der Waals surface area contributed by atoms with Gasteiger partial charge in [-0.15, -0.1) is 0 Å². The van der Waals surface area contributed by atoms with E-state index in [2.05, 4.69) is 26.6 Å². The van der Waals surface area contributed by atoms with Crippen LogP contribution in [0.1, 0.15) is 11.6 Å². The molecular formula is C14H9BrF2N2O. The Bertz CT molecular complexity index is 685.